The van der Waals surface area contributed by atoms with Crippen molar-refractivity contribution in [2.24, 2.45) is 0 Å². The summed E-state index contributed by atoms with van der Waals surface area (Å²) in [6.07, 6.45) is 2.35. The number of nitrogen functional groups attached to an aromatic ring is 1. The highest BCUT2D eigenvalue weighted by molar-refractivity contribution is 5.95. The van der Waals surface area contributed by atoms with Crippen LogP contribution in [0.15, 0.2) is 30.5 Å². The maximum atomic E-state index is 12.0. The van der Waals surface area contributed by atoms with E-state index in [2.05, 4.69) is 0 Å². The van der Waals surface area contributed by atoms with Gasteiger partial charge in [0.1, 0.15) is 6.07 Å². The molecule has 1 aromatic carbocycles. The van der Waals surface area contributed by atoms with E-state index < -0.39 is 5.97 Å². The van der Waals surface area contributed by atoms with Crippen LogP contribution in [0.2, 0.25) is 0 Å². The van der Waals surface area contributed by atoms with Gasteiger partial charge in [0.05, 0.1) is 25.0 Å². The molecule has 0 unspecified atom stereocenters. The molecule has 0 saturated carbocycles. The molecular formula is C18H19N3O4. The first-order valence-corrected chi connectivity index (χ1v) is 7.76. The molecule has 0 bridgehead atoms. The number of esters is 2. The molecule has 7 nitrogen and oxygen atoms in total. The lowest BCUT2D eigenvalue weighted by Crippen LogP contribution is -2.11. The molecule has 0 aliphatic heterocycles. The van der Waals surface area contributed by atoms with Crippen LogP contribution in [0.25, 0.3) is 5.69 Å². The molecule has 25 heavy (non-hydrogen) atoms. The number of benzene rings is 1. The van der Waals surface area contributed by atoms with Crippen molar-refractivity contribution < 1.29 is 19.1 Å². The SMILES string of the molecule is CCOC(=O)CCc1ccc(-n2cc(C#N)c(N)c2C(=O)OC)cc1. The molecular weight excluding hydrogens is 322 g/mol. The summed E-state index contributed by atoms with van der Waals surface area (Å²) in [6, 6.07) is 9.22. The molecule has 2 aromatic rings. The van der Waals surface area contributed by atoms with Gasteiger partial charge in [-0.05, 0) is 31.0 Å². The van der Waals surface area contributed by atoms with E-state index in [1.807, 2.05) is 18.2 Å². The molecule has 130 valence electrons. The first-order chi connectivity index (χ1) is 12.0. The number of nitrogens with two attached hydrogens (primary N) is 1. The Morgan fingerprint density at radius 2 is 1.96 bits per heavy atom. The molecule has 0 spiro atoms. The Bertz CT molecular complexity index is 816. The number of ether oxygens (including phenoxy) is 2. The van der Waals surface area contributed by atoms with Gasteiger partial charge < -0.3 is 19.8 Å². The Balaban J connectivity index is 2.27. The molecule has 0 aliphatic carbocycles. The lowest BCUT2D eigenvalue weighted by molar-refractivity contribution is -0.143. The minimum Gasteiger partial charge on any atom is -0.466 e. The Morgan fingerprint density at radius 1 is 1.28 bits per heavy atom. The maximum absolute atomic E-state index is 12.0. The van der Waals surface area contributed by atoms with Crippen molar-refractivity contribution in [1.29, 1.82) is 5.26 Å². The van der Waals surface area contributed by atoms with Crippen molar-refractivity contribution in [1.82, 2.24) is 4.57 Å². The van der Waals surface area contributed by atoms with Crippen LogP contribution in [-0.2, 0) is 20.7 Å². The van der Waals surface area contributed by atoms with E-state index in [0.717, 1.165) is 5.56 Å². The first-order valence-electron chi connectivity index (χ1n) is 7.76. The highest BCUT2D eigenvalue weighted by Crippen LogP contribution is 2.25. The molecule has 0 radical (unpaired) electrons. The number of carbonyl (C=O) groups excluding carboxylic acids is 2. The van der Waals surface area contributed by atoms with Crippen LogP contribution >= 0.6 is 0 Å². The minimum atomic E-state index is -0.620. The second-order valence-corrected chi connectivity index (χ2v) is 5.25. The zero-order valence-corrected chi connectivity index (χ0v) is 14.1. The number of methoxy groups -OCH3 is 1. The quantitative estimate of drug-likeness (QED) is 0.807. The normalized spacial score (nSPS) is 10.1. The van der Waals surface area contributed by atoms with E-state index in [1.54, 1.807) is 19.1 Å². The van der Waals surface area contributed by atoms with Gasteiger partial charge in [-0.3, -0.25) is 4.79 Å². The second-order valence-electron chi connectivity index (χ2n) is 5.25. The van der Waals surface area contributed by atoms with Crippen molar-refractivity contribution in [3.05, 3.63) is 47.3 Å². The monoisotopic (exact) mass is 341 g/mol. The molecule has 0 amide bonds. The number of nitrogens with zero attached hydrogens (tertiary/aromatic N) is 2. The second kappa shape index (κ2) is 8.02. The Morgan fingerprint density at radius 3 is 2.52 bits per heavy atom. The molecule has 2 N–H and O–H groups in total. The number of aromatic nitrogens is 1. The van der Waals surface area contributed by atoms with E-state index in [9.17, 15) is 9.59 Å². The van der Waals surface area contributed by atoms with Gasteiger partial charge >= 0.3 is 11.9 Å². The zero-order valence-electron chi connectivity index (χ0n) is 14.1. The number of anilines is 1. The fraction of sp³-hybridized carbons (Fsp3) is 0.278. The fourth-order valence-electron chi connectivity index (χ4n) is 2.42. The first kappa shape index (κ1) is 18.1. The average molecular weight is 341 g/mol. The molecule has 2 rings (SSSR count). The number of carbonyl (C=O) groups is 2. The van der Waals surface area contributed by atoms with Crippen LogP contribution < -0.4 is 5.73 Å². The van der Waals surface area contributed by atoms with Gasteiger partial charge in [-0.2, -0.15) is 5.26 Å². The number of rotatable bonds is 6. The summed E-state index contributed by atoms with van der Waals surface area (Å²) < 4.78 is 11.2. The predicted octanol–water partition coefficient (Wildman–Crippen LogP) is 2.21. The summed E-state index contributed by atoms with van der Waals surface area (Å²) in [5.74, 6) is -0.859. The molecule has 0 aliphatic rings. The average Bonchev–Trinajstić information content (AvgIpc) is 2.96. The molecule has 1 heterocycles. The van der Waals surface area contributed by atoms with Crippen LogP contribution in [0, 0.1) is 11.3 Å². The van der Waals surface area contributed by atoms with E-state index >= 15 is 0 Å². The van der Waals surface area contributed by atoms with Gasteiger partial charge in [0, 0.05) is 18.3 Å². The summed E-state index contributed by atoms with van der Waals surface area (Å²) in [7, 11) is 1.25. The summed E-state index contributed by atoms with van der Waals surface area (Å²) in [6.45, 7) is 2.13. The maximum Gasteiger partial charge on any atom is 0.357 e. The standard InChI is InChI=1S/C18H19N3O4/c1-3-25-15(22)9-6-12-4-7-14(8-5-12)21-11-13(10-19)16(20)17(21)18(23)24-2/h4-5,7-8,11H,3,6,9,20H2,1-2H3. The smallest absolute Gasteiger partial charge is 0.357 e. The van der Waals surface area contributed by atoms with E-state index in [4.69, 9.17) is 20.5 Å². The van der Waals surface area contributed by atoms with Gasteiger partial charge in [0.2, 0.25) is 0 Å². The molecule has 7 heteroatoms. The van der Waals surface area contributed by atoms with E-state index in [-0.39, 0.29) is 22.9 Å². The number of aryl methyl sites for hydroxylation is 1. The van der Waals surface area contributed by atoms with Gasteiger partial charge in [0.25, 0.3) is 0 Å². The van der Waals surface area contributed by atoms with Crippen LogP contribution in [0.1, 0.15) is 35.0 Å². The van der Waals surface area contributed by atoms with Crippen LogP contribution in [0.3, 0.4) is 0 Å². The summed E-state index contributed by atoms with van der Waals surface area (Å²) in [4.78, 5) is 23.4. The fourth-order valence-corrected chi connectivity index (χ4v) is 2.42. The van der Waals surface area contributed by atoms with Crippen LogP contribution in [-0.4, -0.2) is 30.2 Å². The topological polar surface area (TPSA) is 107 Å². The number of hydrogen-bond donors (Lipinski definition) is 1. The van der Waals surface area contributed by atoms with Gasteiger partial charge in [-0.15, -0.1) is 0 Å². The molecule has 0 saturated heterocycles. The van der Waals surface area contributed by atoms with Crippen molar-refractivity contribution in [2.75, 3.05) is 19.5 Å². The van der Waals surface area contributed by atoms with E-state index in [0.29, 0.717) is 25.1 Å². The van der Waals surface area contributed by atoms with Crippen molar-refractivity contribution in [3.8, 4) is 11.8 Å². The van der Waals surface area contributed by atoms with Crippen LogP contribution in [0.4, 0.5) is 5.69 Å². The van der Waals surface area contributed by atoms with Crippen molar-refractivity contribution in [3.63, 3.8) is 0 Å². The van der Waals surface area contributed by atoms with Crippen molar-refractivity contribution in [2.45, 2.75) is 19.8 Å². The predicted molar refractivity (Wildman–Crippen MR) is 91.2 cm³/mol. The van der Waals surface area contributed by atoms with Gasteiger partial charge in [0.15, 0.2) is 5.69 Å². The van der Waals surface area contributed by atoms with Gasteiger partial charge in [-0.25, -0.2) is 4.79 Å². The van der Waals surface area contributed by atoms with E-state index in [1.165, 1.54) is 17.9 Å². The number of hydrogen-bond acceptors (Lipinski definition) is 6. The lowest BCUT2D eigenvalue weighted by atomic mass is 10.1. The molecule has 1 aromatic heterocycles. The minimum absolute atomic E-state index is 0.0840. The Kier molecular flexibility index (Phi) is 5.79. The highest BCUT2D eigenvalue weighted by atomic mass is 16.5. The largest absolute Gasteiger partial charge is 0.466 e. The molecule has 0 fully saturated rings. The lowest BCUT2D eigenvalue weighted by Gasteiger charge is -2.09. The Labute approximate surface area is 145 Å². The third-order valence-corrected chi connectivity index (χ3v) is 3.68. The molecule has 0 atom stereocenters. The third kappa shape index (κ3) is 3.98. The summed E-state index contributed by atoms with van der Waals surface area (Å²) in [5.41, 5.74) is 7.88. The zero-order chi connectivity index (χ0) is 18.4. The summed E-state index contributed by atoms with van der Waals surface area (Å²) >= 11 is 0. The third-order valence-electron chi connectivity index (χ3n) is 3.68. The van der Waals surface area contributed by atoms with Crippen LogP contribution in [0.5, 0.6) is 0 Å². The van der Waals surface area contributed by atoms with Gasteiger partial charge in [-0.1, -0.05) is 12.1 Å². The van der Waals surface area contributed by atoms with Crippen molar-refractivity contribution >= 4 is 17.6 Å². The Hall–Kier alpha value is -3.27. The highest BCUT2D eigenvalue weighted by Gasteiger charge is 2.21. The summed E-state index contributed by atoms with van der Waals surface area (Å²) in [5, 5.41) is 9.13. The number of nitriles is 1.